The monoisotopic (exact) mass is 334 g/mol. The number of nitrogens with zero attached hydrogens (tertiary/aromatic N) is 4. The van der Waals surface area contributed by atoms with Gasteiger partial charge in [0.15, 0.2) is 0 Å². The molecular formula is C18H34N6+2. The van der Waals surface area contributed by atoms with Gasteiger partial charge in [-0.05, 0) is 29.3 Å². The predicted molar refractivity (Wildman–Crippen MR) is 94.0 cm³/mol. The molecule has 1 atom stereocenters. The molecule has 1 aromatic heterocycles. The molecule has 2 fully saturated rings. The van der Waals surface area contributed by atoms with Gasteiger partial charge in [0.1, 0.15) is 32.2 Å². The number of rotatable bonds is 7. The first kappa shape index (κ1) is 17.5. The number of piperazine rings is 1. The minimum Gasteiger partial charge on any atom is -0.322 e. The molecule has 24 heavy (non-hydrogen) atoms. The van der Waals surface area contributed by atoms with Crippen molar-refractivity contribution in [1.82, 2.24) is 20.2 Å². The molecule has 0 bridgehead atoms. The van der Waals surface area contributed by atoms with Crippen LogP contribution < -0.4 is 9.80 Å². The van der Waals surface area contributed by atoms with Crippen molar-refractivity contribution < 1.29 is 9.80 Å². The third-order valence-corrected chi connectivity index (χ3v) is 5.85. The van der Waals surface area contributed by atoms with Crippen LogP contribution in [0.5, 0.6) is 0 Å². The number of tetrazole rings is 1. The molecule has 2 N–H and O–H groups in total. The first-order valence-electron chi connectivity index (χ1n) is 9.90. The van der Waals surface area contributed by atoms with Crippen LogP contribution in [-0.2, 0) is 0 Å². The van der Waals surface area contributed by atoms with Crippen molar-refractivity contribution in [3.8, 4) is 0 Å². The Morgan fingerprint density at radius 2 is 1.96 bits per heavy atom. The molecule has 0 spiro atoms. The van der Waals surface area contributed by atoms with E-state index in [0.29, 0.717) is 12.1 Å². The van der Waals surface area contributed by atoms with Gasteiger partial charge in [-0.3, -0.25) is 0 Å². The topological polar surface area (TPSA) is 52.5 Å². The Morgan fingerprint density at radius 3 is 2.62 bits per heavy atom. The van der Waals surface area contributed by atoms with Gasteiger partial charge in [-0.2, -0.15) is 0 Å². The Kier molecular flexibility index (Phi) is 6.37. The van der Waals surface area contributed by atoms with Crippen LogP contribution in [0.4, 0.5) is 0 Å². The maximum Gasteiger partial charge on any atom is 0.209 e. The molecule has 2 heterocycles. The van der Waals surface area contributed by atoms with Gasteiger partial charge in [0.2, 0.25) is 5.82 Å². The van der Waals surface area contributed by atoms with E-state index in [1.54, 1.807) is 9.80 Å². The lowest BCUT2D eigenvalue weighted by atomic mass is 9.95. The van der Waals surface area contributed by atoms with E-state index in [0.717, 1.165) is 12.4 Å². The first-order valence-corrected chi connectivity index (χ1v) is 9.90. The summed E-state index contributed by atoms with van der Waals surface area (Å²) in [5, 5.41) is 13.0. The van der Waals surface area contributed by atoms with E-state index in [-0.39, 0.29) is 0 Å². The average Bonchev–Trinajstić information content (AvgIpc) is 3.11. The summed E-state index contributed by atoms with van der Waals surface area (Å²) in [6.07, 6.45) is 10.9. The van der Waals surface area contributed by atoms with Gasteiger partial charge in [0, 0.05) is 6.42 Å². The highest BCUT2D eigenvalue weighted by molar-refractivity contribution is 4.91. The fourth-order valence-electron chi connectivity index (χ4n) is 4.50. The maximum absolute atomic E-state index is 4.50. The smallest absolute Gasteiger partial charge is 0.209 e. The molecule has 3 rings (SSSR count). The largest absolute Gasteiger partial charge is 0.322 e. The van der Waals surface area contributed by atoms with Gasteiger partial charge in [-0.25, -0.2) is 4.68 Å². The highest BCUT2D eigenvalue weighted by Crippen LogP contribution is 2.29. The molecule has 0 radical (unpaired) electrons. The summed E-state index contributed by atoms with van der Waals surface area (Å²) in [6, 6.07) is 0.979. The Bertz CT molecular complexity index is 499. The lowest BCUT2D eigenvalue weighted by Crippen LogP contribution is -3.28. The van der Waals surface area contributed by atoms with E-state index >= 15 is 0 Å². The van der Waals surface area contributed by atoms with Crippen molar-refractivity contribution >= 4 is 0 Å². The summed E-state index contributed by atoms with van der Waals surface area (Å²) < 4.78 is 2.19. The highest BCUT2D eigenvalue weighted by atomic mass is 15.6. The van der Waals surface area contributed by atoms with E-state index in [1.165, 1.54) is 71.1 Å². The zero-order valence-electron chi connectivity index (χ0n) is 15.2. The van der Waals surface area contributed by atoms with Gasteiger partial charge in [0.05, 0.1) is 12.6 Å². The van der Waals surface area contributed by atoms with Gasteiger partial charge in [-0.1, -0.05) is 39.2 Å². The molecule has 0 unspecified atom stereocenters. The number of quaternary nitrogens is 2. The first-order chi connectivity index (χ1) is 11.8. The quantitative estimate of drug-likeness (QED) is 0.690. The Balaban J connectivity index is 1.72. The second-order valence-corrected chi connectivity index (χ2v) is 7.52. The molecule has 0 amide bonds. The minimum atomic E-state index is 0.456. The molecular weight excluding hydrogens is 300 g/mol. The molecule has 2 aliphatic rings. The standard InChI is InChI=1S/C18H32N6/c1-3-8-17(23-14-12-22(11-4-2)13-15-23)18-19-20-21-24(18)16-9-6-5-7-10-16/h4,16-17H,2-3,5-15H2,1H3/p+2/t17-/m0/s1. The molecule has 1 aromatic rings. The molecule has 1 aliphatic heterocycles. The third-order valence-electron chi connectivity index (χ3n) is 5.85. The Morgan fingerprint density at radius 1 is 1.21 bits per heavy atom. The predicted octanol–water partition coefficient (Wildman–Crippen LogP) is -0.0111. The summed E-state index contributed by atoms with van der Waals surface area (Å²) in [5.74, 6) is 1.14. The maximum atomic E-state index is 4.50. The lowest BCUT2D eigenvalue weighted by molar-refractivity contribution is -1.03. The SMILES string of the molecule is C=CC[NH+]1CC[NH+]([C@@H](CCC)c2nnnn2C2CCCCC2)CC1. The fourth-order valence-corrected chi connectivity index (χ4v) is 4.50. The zero-order valence-corrected chi connectivity index (χ0v) is 15.2. The summed E-state index contributed by atoms with van der Waals surface area (Å²) in [7, 11) is 0. The molecule has 6 nitrogen and oxygen atoms in total. The molecule has 1 aliphatic carbocycles. The molecule has 134 valence electrons. The Hall–Kier alpha value is -1.27. The van der Waals surface area contributed by atoms with Crippen LogP contribution in [0.25, 0.3) is 0 Å². The van der Waals surface area contributed by atoms with Crippen LogP contribution in [0.2, 0.25) is 0 Å². The second kappa shape index (κ2) is 8.72. The minimum absolute atomic E-state index is 0.456. The summed E-state index contributed by atoms with van der Waals surface area (Å²) in [4.78, 5) is 3.34. The van der Waals surface area contributed by atoms with Crippen molar-refractivity contribution in [1.29, 1.82) is 0 Å². The van der Waals surface area contributed by atoms with Gasteiger partial charge >= 0.3 is 0 Å². The van der Waals surface area contributed by atoms with E-state index in [2.05, 4.69) is 33.7 Å². The van der Waals surface area contributed by atoms with Gasteiger partial charge in [0.25, 0.3) is 0 Å². The average molecular weight is 335 g/mol. The van der Waals surface area contributed by atoms with Crippen LogP contribution in [0.15, 0.2) is 12.7 Å². The van der Waals surface area contributed by atoms with E-state index in [9.17, 15) is 0 Å². The van der Waals surface area contributed by atoms with Crippen LogP contribution >= 0.6 is 0 Å². The van der Waals surface area contributed by atoms with E-state index in [4.69, 9.17) is 0 Å². The van der Waals surface area contributed by atoms with Crippen LogP contribution in [0, 0.1) is 0 Å². The number of aromatic nitrogens is 4. The summed E-state index contributed by atoms with van der Waals surface area (Å²) in [6.45, 7) is 12.1. The molecule has 6 heteroatoms. The van der Waals surface area contributed by atoms with Crippen molar-refractivity contribution in [2.24, 2.45) is 0 Å². The lowest BCUT2D eigenvalue weighted by Gasteiger charge is -2.34. The van der Waals surface area contributed by atoms with E-state index in [1.807, 2.05) is 6.08 Å². The normalized spacial score (nSPS) is 27.0. The van der Waals surface area contributed by atoms with Crippen LogP contribution in [-0.4, -0.2) is 52.9 Å². The number of hydrogen-bond donors (Lipinski definition) is 2. The van der Waals surface area contributed by atoms with Crippen molar-refractivity contribution in [3.05, 3.63) is 18.5 Å². The molecule has 0 aromatic carbocycles. The van der Waals surface area contributed by atoms with Crippen molar-refractivity contribution in [2.75, 3.05) is 32.7 Å². The van der Waals surface area contributed by atoms with Crippen LogP contribution in [0.3, 0.4) is 0 Å². The highest BCUT2D eigenvalue weighted by Gasteiger charge is 2.34. The molecule has 1 saturated carbocycles. The summed E-state index contributed by atoms with van der Waals surface area (Å²) >= 11 is 0. The third kappa shape index (κ3) is 4.03. The Labute approximate surface area is 145 Å². The van der Waals surface area contributed by atoms with Crippen molar-refractivity contribution in [2.45, 2.75) is 64.0 Å². The zero-order chi connectivity index (χ0) is 16.8. The van der Waals surface area contributed by atoms with Crippen LogP contribution in [0.1, 0.15) is 69.8 Å². The van der Waals surface area contributed by atoms with E-state index < -0.39 is 0 Å². The molecule has 1 saturated heterocycles. The number of hydrogen-bond acceptors (Lipinski definition) is 3. The van der Waals surface area contributed by atoms with Crippen molar-refractivity contribution in [3.63, 3.8) is 0 Å². The second-order valence-electron chi connectivity index (χ2n) is 7.52. The van der Waals surface area contributed by atoms with Gasteiger partial charge in [-0.15, -0.1) is 5.10 Å². The fraction of sp³-hybridized carbons (Fsp3) is 0.833. The number of nitrogens with one attached hydrogen (secondary N) is 2. The summed E-state index contributed by atoms with van der Waals surface area (Å²) in [5.41, 5.74) is 0. The van der Waals surface area contributed by atoms with Gasteiger partial charge < -0.3 is 9.80 Å².